The van der Waals surface area contributed by atoms with Gasteiger partial charge in [-0.2, -0.15) is 0 Å². The predicted octanol–water partition coefficient (Wildman–Crippen LogP) is 2.86. The highest BCUT2D eigenvalue weighted by atomic mass is 16.7. The highest BCUT2D eigenvalue weighted by Crippen LogP contribution is 2.58. The number of hydrogen-bond donors (Lipinski definition) is 2. The van der Waals surface area contributed by atoms with Gasteiger partial charge in [0, 0.05) is 18.3 Å². The Balaban J connectivity index is 1.39. The van der Waals surface area contributed by atoms with Gasteiger partial charge in [-0.25, -0.2) is 0 Å². The molecule has 0 bridgehead atoms. The van der Waals surface area contributed by atoms with Gasteiger partial charge in [0.15, 0.2) is 5.79 Å². The summed E-state index contributed by atoms with van der Waals surface area (Å²) in [6, 6.07) is 0. The predicted molar refractivity (Wildman–Crippen MR) is 92.1 cm³/mol. The Hall–Kier alpha value is -0.600. The Kier molecular flexibility index (Phi) is 6.21. The minimum absolute atomic E-state index is 0.0496. The second-order valence-corrected chi connectivity index (χ2v) is 7.68. The van der Waals surface area contributed by atoms with E-state index in [-0.39, 0.29) is 17.8 Å². The Morgan fingerprint density at radius 2 is 1.83 bits per heavy atom. The van der Waals surface area contributed by atoms with Gasteiger partial charge in [0.25, 0.3) is 0 Å². The lowest BCUT2D eigenvalue weighted by Crippen LogP contribution is -2.54. The molecular formula is C20H32O4. The number of rotatable bonds is 7. The molecule has 3 aliphatic rings. The zero-order valence-electron chi connectivity index (χ0n) is 14.9. The van der Waals surface area contributed by atoms with E-state index in [2.05, 4.69) is 18.8 Å². The van der Waals surface area contributed by atoms with Crippen LogP contribution in [0.1, 0.15) is 64.7 Å². The lowest BCUT2D eigenvalue weighted by molar-refractivity contribution is -0.275. The lowest BCUT2D eigenvalue weighted by Gasteiger charge is -2.48. The van der Waals surface area contributed by atoms with E-state index in [0.29, 0.717) is 13.2 Å². The molecule has 1 saturated heterocycles. The molecule has 0 aromatic heterocycles. The van der Waals surface area contributed by atoms with Crippen LogP contribution in [-0.2, 0) is 9.47 Å². The van der Waals surface area contributed by atoms with Gasteiger partial charge in [0.1, 0.15) is 6.10 Å². The van der Waals surface area contributed by atoms with Crippen molar-refractivity contribution in [2.75, 3.05) is 13.2 Å². The van der Waals surface area contributed by atoms with E-state index in [4.69, 9.17) is 9.47 Å². The second-order valence-electron chi connectivity index (χ2n) is 7.68. The molecule has 4 heteroatoms. The smallest absolute Gasteiger partial charge is 0.172 e. The topological polar surface area (TPSA) is 58.9 Å². The fourth-order valence-electron chi connectivity index (χ4n) is 4.55. The van der Waals surface area contributed by atoms with Crippen molar-refractivity contribution in [2.24, 2.45) is 17.8 Å². The van der Waals surface area contributed by atoms with Crippen molar-refractivity contribution in [3.05, 3.63) is 0 Å². The third-order valence-corrected chi connectivity index (χ3v) is 6.00. The molecular weight excluding hydrogens is 304 g/mol. The van der Waals surface area contributed by atoms with Gasteiger partial charge in [-0.3, -0.25) is 0 Å². The van der Waals surface area contributed by atoms with Gasteiger partial charge in [0.2, 0.25) is 0 Å². The Bertz CT molecular complexity index is 460. The maximum absolute atomic E-state index is 10.4. The van der Waals surface area contributed by atoms with Crippen LogP contribution in [0, 0.1) is 29.6 Å². The molecule has 3 fully saturated rings. The first-order valence-corrected chi connectivity index (χ1v) is 9.81. The molecule has 4 nitrogen and oxygen atoms in total. The fourth-order valence-corrected chi connectivity index (χ4v) is 4.55. The zero-order chi connectivity index (χ0) is 17.0. The van der Waals surface area contributed by atoms with E-state index in [9.17, 15) is 10.2 Å². The molecule has 1 spiro atoms. The quantitative estimate of drug-likeness (QED) is 0.554. The minimum atomic E-state index is -0.561. The highest BCUT2D eigenvalue weighted by molar-refractivity contribution is 5.18. The Morgan fingerprint density at radius 3 is 2.58 bits per heavy atom. The first kappa shape index (κ1) is 18.2. The largest absolute Gasteiger partial charge is 0.392 e. The molecule has 5 atom stereocenters. The fraction of sp³-hybridized carbons (Fsp3) is 0.900. The minimum Gasteiger partial charge on any atom is -0.392 e. The number of ether oxygens (including phenoxy) is 2. The summed E-state index contributed by atoms with van der Waals surface area (Å²) in [5, 5.41) is 20.5. The SMILES string of the molecule is CCCCCCCCC(O)C#CC1CC2C(CC23OCCO3)C1O. The second kappa shape index (κ2) is 8.19. The van der Waals surface area contributed by atoms with Crippen molar-refractivity contribution in [1.82, 2.24) is 0 Å². The average molecular weight is 336 g/mol. The number of unbranched alkanes of at least 4 members (excludes halogenated alkanes) is 5. The van der Waals surface area contributed by atoms with Crippen LogP contribution >= 0.6 is 0 Å². The molecule has 0 aromatic rings. The van der Waals surface area contributed by atoms with E-state index < -0.39 is 18.0 Å². The summed E-state index contributed by atoms with van der Waals surface area (Å²) >= 11 is 0. The van der Waals surface area contributed by atoms with Gasteiger partial charge in [-0.1, -0.05) is 50.9 Å². The molecule has 3 rings (SSSR count). The molecule has 1 aliphatic heterocycles. The number of fused-ring (bicyclic) bond motifs is 2. The summed E-state index contributed by atoms with van der Waals surface area (Å²) in [6.45, 7) is 3.54. The molecule has 2 saturated carbocycles. The van der Waals surface area contributed by atoms with E-state index in [1.807, 2.05) is 0 Å². The molecule has 0 radical (unpaired) electrons. The maximum atomic E-state index is 10.4. The van der Waals surface area contributed by atoms with Crippen LogP contribution in [0.2, 0.25) is 0 Å². The summed E-state index contributed by atoms with van der Waals surface area (Å²) in [5.41, 5.74) is 0. The Labute approximate surface area is 145 Å². The summed E-state index contributed by atoms with van der Waals surface area (Å²) in [5.74, 6) is 6.14. The van der Waals surface area contributed by atoms with E-state index >= 15 is 0 Å². The van der Waals surface area contributed by atoms with Crippen LogP contribution in [0.15, 0.2) is 0 Å². The first-order chi connectivity index (χ1) is 11.7. The van der Waals surface area contributed by atoms with Gasteiger partial charge in [0.05, 0.1) is 19.3 Å². The number of hydrogen-bond acceptors (Lipinski definition) is 4. The van der Waals surface area contributed by atoms with Crippen molar-refractivity contribution in [3.63, 3.8) is 0 Å². The van der Waals surface area contributed by atoms with Crippen molar-refractivity contribution in [3.8, 4) is 11.8 Å². The van der Waals surface area contributed by atoms with Crippen LogP contribution in [0.5, 0.6) is 0 Å². The third-order valence-electron chi connectivity index (χ3n) is 6.00. The third kappa shape index (κ3) is 3.80. The molecule has 136 valence electrons. The van der Waals surface area contributed by atoms with Crippen molar-refractivity contribution in [1.29, 1.82) is 0 Å². The van der Waals surface area contributed by atoms with E-state index in [1.54, 1.807) is 0 Å². The van der Waals surface area contributed by atoms with Crippen LogP contribution in [-0.4, -0.2) is 41.4 Å². The molecule has 1 heterocycles. The first-order valence-electron chi connectivity index (χ1n) is 9.81. The molecule has 0 amide bonds. The molecule has 0 aromatic carbocycles. The van der Waals surface area contributed by atoms with Crippen LogP contribution in [0.3, 0.4) is 0 Å². The average Bonchev–Trinajstić information content (AvgIpc) is 3.15. The highest BCUT2D eigenvalue weighted by Gasteiger charge is 2.64. The zero-order valence-corrected chi connectivity index (χ0v) is 14.9. The van der Waals surface area contributed by atoms with Crippen molar-refractivity contribution in [2.45, 2.75) is 82.7 Å². The standard InChI is InChI=1S/C20H32O4/c1-2-3-4-5-6-7-8-16(21)10-9-15-13-18-17(19(15)22)14-20(18)23-11-12-24-20/h15-19,21-22H,2-8,11-14H2,1H3. The van der Waals surface area contributed by atoms with Gasteiger partial charge < -0.3 is 19.7 Å². The molecule has 2 aliphatic carbocycles. The van der Waals surface area contributed by atoms with Crippen LogP contribution in [0.4, 0.5) is 0 Å². The monoisotopic (exact) mass is 336 g/mol. The number of aliphatic hydroxyl groups is 2. The number of aliphatic hydroxyl groups excluding tert-OH is 2. The molecule has 2 N–H and O–H groups in total. The van der Waals surface area contributed by atoms with E-state index in [0.717, 1.165) is 25.7 Å². The van der Waals surface area contributed by atoms with Crippen molar-refractivity contribution < 1.29 is 19.7 Å². The van der Waals surface area contributed by atoms with Gasteiger partial charge >= 0.3 is 0 Å². The van der Waals surface area contributed by atoms with E-state index in [1.165, 1.54) is 32.1 Å². The van der Waals surface area contributed by atoms with Gasteiger partial charge in [-0.05, 0) is 25.2 Å². The normalized spacial score (nSPS) is 34.5. The summed E-state index contributed by atoms with van der Waals surface area (Å²) < 4.78 is 11.6. The summed E-state index contributed by atoms with van der Waals surface area (Å²) in [4.78, 5) is 0. The molecule has 5 unspecified atom stereocenters. The van der Waals surface area contributed by atoms with Gasteiger partial charge in [-0.15, -0.1) is 0 Å². The maximum Gasteiger partial charge on any atom is 0.172 e. The Morgan fingerprint density at radius 1 is 1.12 bits per heavy atom. The van der Waals surface area contributed by atoms with Crippen LogP contribution < -0.4 is 0 Å². The lowest BCUT2D eigenvalue weighted by atomic mass is 9.69. The summed E-state index contributed by atoms with van der Waals surface area (Å²) in [7, 11) is 0. The molecule has 24 heavy (non-hydrogen) atoms. The van der Waals surface area contributed by atoms with Crippen molar-refractivity contribution >= 4 is 0 Å². The van der Waals surface area contributed by atoms with Crippen LogP contribution in [0.25, 0.3) is 0 Å². The summed E-state index contributed by atoms with van der Waals surface area (Å²) in [6.07, 6.45) is 8.70.